The first-order chi connectivity index (χ1) is 12.8. The Bertz CT molecular complexity index is 858. The van der Waals surface area contributed by atoms with Crippen LogP contribution in [0.4, 0.5) is 19.3 Å². The molecular weight excluding hydrogens is 382 g/mol. The number of alkyl carbamates (subject to hydrolysis) is 1. The predicted octanol–water partition coefficient (Wildman–Crippen LogP) is 2.97. The van der Waals surface area contributed by atoms with Gasteiger partial charge in [0.2, 0.25) is 0 Å². The van der Waals surface area contributed by atoms with Gasteiger partial charge in [0.1, 0.15) is 11.6 Å². The van der Waals surface area contributed by atoms with Gasteiger partial charge in [-0.15, -0.1) is 0 Å². The minimum absolute atomic E-state index is 0.0910. The molecule has 0 bridgehead atoms. The van der Waals surface area contributed by atoms with E-state index in [1.807, 2.05) is 0 Å². The monoisotopic (exact) mass is 396 g/mol. The van der Waals surface area contributed by atoms with Crippen molar-refractivity contribution in [2.24, 2.45) is 0 Å². The topological polar surface area (TPSA) is 78.9 Å². The molecule has 2 aromatic rings. The molecule has 142 valence electrons. The number of halogens is 3. The molecule has 1 atom stereocenters. The molecule has 0 unspecified atom stereocenters. The zero-order valence-corrected chi connectivity index (χ0v) is 14.7. The van der Waals surface area contributed by atoms with Gasteiger partial charge in [0.05, 0.1) is 0 Å². The second-order valence-corrected chi connectivity index (χ2v) is 6.42. The average molecular weight is 397 g/mol. The summed E-state index contributed by atoms with van der Waals surface area (Å²) in [6.45, 7) is -0.0178. The highest BCUT2D eigenvalue weighted by Gasteiger charge is 2.49. The van der Waals surface area contributed by atoms with Gasteiger partial charge in [-0.25, -0.2) is 13.6 Å². The number of carbonyl (C=O) groups is 2. The van der Waals surface area contributed by atoms with Crippen molar-refractivity contribution in [2.45, 2.75) is 18.8 Å². The molecule has 1 fully saturated rings. The molecule has 0 saturated carbocycles. The standard InChI is InChI=1S/C18H15ClF2N2O4/c19-12-7-11(8-14(21)9-12)10-22-17(25)27-18(26)5-6-23(16(18)24)15-3-1-13(20)2-4-15/h1-4,7-9,26H,5-6,10H2,(H,22,25)/t18-/m0/s1. The molecule has 3 rings (SSSR count). The third kappa shape index (κ3) is 4.35. The lowest BCUT2D eigenvalue weighted by molar-refractivity contribution is -0.175. The molecule has 9 heteroatoms. The van der Waals surface area contributed by atoms with Crippen LogP contribution in [0, 0.1) is 11.6 Å². The Morgan fingerprint density at radius 3 is 2.59 bits per heavy atom. The van der Waals surface area contributed by atoms with Crippen molar-refractivity contribution in [3.05, 3.63) is 64.7 Å². The van der Waals surface area contributed by atoms with Gasteiger partial charge in [0.15, 0.2) is 0 Å². The van der Waals surface area contributed by atoms with Crippen LogP contribution >= 0.6 is 11.6 Å². The third-order valence-corrected chi connectivity index (χ3v) is 4.23. The fourth-order valence-electron chi connectivity index (χ4n) is 2.72. The first kappa shape index (κ1) is 19.1. The summed E-state index contributed by atoms with van der Waals surface area (Å²) < 4.78 is 31.2. The zero-order valence-electron chi connectivity index (χ0n) is 13.9. The molecule has 0 aliphatic carbocycles. The van der Waals surface area contributed by atoms with Crippen LogP contribution in [0.1, 0.15) is 12.0 Å². The molecule has 1 aliphatic heterocycles. The lowest BCUT2D eigenvalue weighted by Crippen LogP contribution is -2.46. The van der Waals surface area contributed by atoms with Crippen molar-refractivity contribution in [1.82, 2.24) is 5.32 Å². The lowest BCUT2D eigenvalue weighted by Gasteiger charge is -2.22. The highest BCUT2D eigenvalue weighted by atomic mass is 35.5. The molecule has 2 N–H and O–H groups in total. The number of nitrogens with one attached hydrogen (secondary N) is 1. The van der Waals surface area contributed by atoms with Gasteiger partial charge >= 0.3 is 6.09 Å². The van der Waals surface area contributed by atoms with E-state index in [9.17, 15) is 23.5 Å². The first-order valence-corrected chi connectivity index (χ1v) is 8.36. The summed E-state index contributed by atoms with van der Waals surface area (Å²) in [5.74, 6) is -4.20. The largest absolute Gasteiger partial charge is 0.410 e. The SMILES string of the molecule is O=C(NCc1cc(F)cc(Cl)c1)O[C@@]1(O)CCN(c2ccc(F)cc2)C1=O. The zero-order chi connectivity index (χ0) is 19.6. The number of carbonyl (C=O) groups excluding carboxylic acids is 2. The van der Waals surface area contributed by atoms with Gasteiger partial charge < -0.3 is 20.1 Å². The highest BCUT2D eigenvalue weighted by molar-refractivity contribution is 6.30. The molecule has 1 saturated heterocycles. The summed E-state index contributed by atoms with van der Waals surface area (Å²) in [7, 11) is 0. The summed E-state index contributed by atoms with van der Waals surface area (Å²) in [4.78, 5) is 25.6. The van der Waals surface area contributed by atoms with Crippen LogP contribution < -0.4 is 10.2 Å². The van der Waals surface area contributed by atoms with E-state index in [2.05, 4.69) is 5.32 Å². The van der Waals surface area contributed by atoms with E-state index in [1.54, 1.807) is 0 Å². The quantitative estimate of drug-likeness (QED) is 0.779. The normalized spacial score (nSPS) is 19.3. The van der Waals surface area contributed by atoms with Crippen molar-refractivity contribution in [2.75, 3.05) is 11.4 Å². The number of rotatable bonds is 4. The number of amides is 2. The second kappa shape index (κ2) is 7.50. The van der Waals surface area contributed by atoms with Gasteiger partial charge in [-0.3, -0.25) is 4.79 Å². The number of hydrogen-bond acceptors (Lipinski definition) is 4. The van der Waals surface area contributed by atoms with E-state index in [1.165, 1.54) is 41.3 Å². The van der Waals surface area contributed by atoms with Gasteiger partial charge in [-0.05, 0) is 48.0 Å². The van der Waals surface area contributed by atoms with E-state index < -0.39 is 29.4 Å². The van der Waals surface area contributed by atoms with E-state index in [0.717, 1.165) is 6.07 Å². The predicted molar refractivity (Wildman–Crippen MR) is 93.1 cm³/mol. The Hall–Kier alpha value is -2.71. The van der Waals surface area contributed by atoms with Crippen molar-refractivity contribution in [3.8, 4) is 0 Å². The van der Waals surface area contributed by atoms with E-state index in [4.69, 9.17) is 16.3 Å². The van der Waals surface area contributed by atoms with Gasteiger partial charge in [-0.2, -0.15) is 0 Å². The summed E-state index contributed by atoms with van der Waals surface area (Å²) in [6, 6.07) is 8.87. The van der Waals surface area contributed by atoms with Crippen molar-refractivity contribution >= 4 is 29.3 Å². The molecule has 0 aromatic heterocycles. The minimum Gasteiger partial charge on any atom is -0.407 e. The minimum atomic E-state index is -2.34. The van der Waals surface area contributed by atoms with Gasteiger partial charge in [0.25, 0.3) is 11.7 Å². The van der Waals surface area contributed by atoms with E-state index in [-0.39, 0.29) is 24.5 Å². The molecule has 1 aliphatic rings. The van der Waals surface area contributed by atoms with Gasteiger partial charge in [0, 0.05) is 30.2 Å². The maximum Gasteiger partial charge on any atom is 0.410 e. The Balaban J connectivity index is 1.61. The fraction of sp³-hybridized carbons (Fsp3) is 0.222. The Morgan fingerprint density at radius 2 is 1.93 bits per heavy atom. The average Bonchev–Trinajstić information content (AvgIpc) is 2.88. The number of aliphatic hydroxyl groups is 1. The molecule has 27 heavy (non-hydrogen) atoms. The van der Waals surface area contributed by atoms with E-state index in [0.29, 0.717) is 11.3 Å². The molecule has 0 radical (unpaired) electrons. The maximum atomic E-state index is 13.3. The van der Waals surface area contributed by atoms with Crippen LogP contribution in [-0.2, 0) is 16.1 Å². The molecule has 0 spiro atoms. The summed E-state index contributed by atoms with van der Waals surface area (Å²) in [5.41, 5.74) is 0.755. The Morgan fingerprint density at radius 1 is 1.22 bits per heavy atom. The van der Waals surface area contributed by atoms with Crippen molar-refractivity contribution in [1.29, 1.82) is 0 Å². The lowest BCUT2D eigenvalue weighted by atomic mass is 10.2. The maximum absolute atomic E-state index is 13.3. The van der Waals surface area contributed by atoms with Crippen LogP contribution in [0.15, 0.2) is 42.5 Å². The first-order valence-electron chi connectivity index (χ1n) is 7.98. The number of hydrogen-bond donors (Lipinski definition) is 2. The van der Waals surface area contributed by atoms with Crippen LogP contribution in [-0.4, -0.2) is 29.4 Å². The number of benzene rings is 2. The summed E-state index contributed by atoms with van der Waals surface area (Å²) in [6.07, 6.45) is -1.20. The highest BCUT2D eigenvalue weighted by Crippen LogP contribution is 2.29. The van der Waals surface area contributed by atoms with Crippen LogP contribution in [0.25, 0.3) is 0 Å². The molecule has 1 heterocycles. The number of nitrogens with zero attached hydrogens (tertiary/aromatic N) is 1. The summed E-state index contributed by atoms with van der Waals surface area (Å²) in [5, 5.41) is 12.9. The smallest absolute Gasteiger partial charge is 0.407 e. The molecular formula is C18H15ClF2N2O4. The van der Waals surface area contributed by atoms with Crippen molar-refractivity contribution < 1.29 is 28.2 Å². The third-order valence-electron chi connectivity index (χ3n) is 4.01. The van der Waals surface area contributed by atoms with Crippen LogP contribution in [0.3, 0.4) is 0 Å². The van der Waals surface area contributed by atoms with Crippen LogP contribution in [0.5, 0.6) is 0 Å². The molecule has 2 aromatic carbocycles. The number of ether oxygens (including phenoxy) is 1. The Kier molecular flexibility index (Phi) is 5.29. The Labute approximate surface area is 158 Å². The number of anilines is 1. The van der Waals surface area contributed by atoms with E-state index >= 15 is 0 Å². The fourth-order valence-corrected chi connectivity index (χ4v) is 2.97. The van der Waals surface area contributed by atoms with Gasteiger partial charge in [-0.1, -0.05) is 11.6 Å². The summed E-state index contributed by atoms with van der Waals surface area (Å²) >= 11 is 5.73. The molecule has 6 nitrogen and oxygen atoms in total. The second-order valence-electron chi connectivity index (χ2n) is 5.99. The molecule has 2 amide bonds. The van der Waals surface area contributed by atoms with Crippen LogP contribution in [0.2, 0.25) is 5.02 Å². The van der Waals surface area contributed by atoms with Crippen molar-refractivity contribution in [3.63, 3.8) is 0 Å².